The van der Waals surface area contributed by atoms with Gasteiger partial charge < -0.3 is 9.64 Å². The second kappa shape index (κ2) is 6.40. The van der Waals surface area contributed by atoms with E-state index in [1.807, 2.05) is 0 Å². The van der Waals surface area contributed by atoms with Crippen LogP contribution < -0.4 is 4.90 Å². The van der Waals surface area contributed by atoms with Gasteiger partial charge in [-0.2, -0.15) is 0 Å². The number of ether oxygens (including phenoxy) is 1. The molecule has 0 aliphatic carbocycles. The molecule has 2 heterocycles. The molecule has 6 nitrogen and oxygen atoms in total. The third kappa shape index (κ3) is 2.81. The third-order valence-corrected chi connectivity index (χ3v) is 4.33. The van der Waals surface area contributed by atoms with Crippen LogP contribution in [0.2, 0.25) is 0 Å². The Kier molecular flexibility index (Phi) is 4.32. The normalized spacial score (nSPS) is 20.7. The minimum atomic E-state index is -0.488. The van der Waals surface area contributed by atoms with Crippen LogP contribution in [0.3, 0.4) is 0 Å². The van der Waals surface area contributed by atoms with E-state index in [0.717, 1.165) is 12.8 Å². The van der Waals surface area contributed by atoms with Crippen molar-refractivity contribution >= 4 is 23.5 Å². The van der Waals surface area contributed by atoms with Crippen LogP contribution in [0.15, 0.2) is 24.3 Å². The molecule has 6 heteroatoms. The Morgan fingerprint density at radius 3 is 2.83 bits per heavy atom. The van der Waals surface area contributed by atoms with Gasteiger partial charge in [0, 0.05) is 6.54 Å². The number of fused-ring (bicyclic) bond motifs is 2. The highest BCUT2D eigenvalue weighted by Gasteiger charge is 2.41. The molecule has 1 aromatic carbocycles. The second-order valence-electron chi connectivity index (χ2n) is 5.76. The fraction of sp³-hybridized carbons (Fsp3) is 0.471. The zero-order valence-electron chi connectivity index (χ0n) is 13.2. The summed E-state index contributed by atoms with van der Waals surface area (Å²) in [6.45, 7) is 2.40. The van der Waals surface area contributed by atoms with Crippen LogP contribution in [0.25, 0.3) is 0 Å². The summed E-state index contributed by atoms with van der Waals surface area (Å²) >= 11 is 0. The average Bonchev–Trinajstić information content (AvgIpc) is 2.66. The highest BCUT2D eigenvalue weighted by molar-refractivity contribution is 6.12. The van der Waals surface area contributed by atoms with Crippen LogP contribution in [-0.4, -0.2) is 48.4 Å². The van der Waals surface area contributed by atoms with Crippen LogP contribution >= 0.6 is 0 Å². The highest BCUT2D eigenvalue weighted by Crippen LogP contribution is 2.31. The third-order valence-electron chi connectivity index (χ3n) is 4.33. The quantitative estimate of drug-likeness (QED) is 0.794. The molecule has 2 aliphatic heterocycles. The molecule has 2 amide bonds. The molecular weight excluding hydrogens is 296 g/mol. The Labute approximate surface area is 135 Å². The Hall–Kier alpha value is -2.37. The molecule has 0 radical (unpaired) electrons. The van der Waals surface area contributed by atoms with E-state index in [0.29, 0.717) is 24.2 Å². The number of amides is 2. The van der Waals surface area contributed by atoms with Crippen LogP contribution in [0.5, 0.6) is 0 Å². The molecule has 0 aromatic heterocycles. The number of hydrogen-bond acceptors (Lipinski definition) is 4. The number of rotatable bonds is 3. The van der Waals surface area contributed by atoms with E-state index >= 15 is 0 Å². The molecule has 0 saturated carbocycles. The zero-order valence-corrected chi connectivity index (χ0v) is 13.2. The SMILES string of the molecule is CCOC(=O)CN1C(=O)C2CCCCN2C(=O)c2ccccc21. The van der Waals surface area contributed by atoms with Crippen molar-refractivity contribution in [2.45, 2.75) is 32.2 Å². The van der Waals surface area contributed by atoms with Gasteiger partial charge in [-0.3, -0.25) is 19.3 Å². The highest BCUT2D eigenvalue weighted by atomic mass is 16.5. The maximum absolute atomic E-state index is 13.0. The number of para-hydroxylation sites is 1. The summed E-state index contributed by atoms with van der Waals surface area (Å²) in [5.74, 6) is -0.798. The summed E-state index contributed by atoms with van der Waals surface area (Å²) in [7, 11) is 0. The molecular formula is C17H20N2O4. The number of carbonyl (C=O) groups is 3. The molecule has 0 N–H and O–H groups in total. The Morgan fingerprint density at radius 1 is 1.26 bits per heavy atom. The fourth-order valence-corrected chi connectivity index (χ4v) is 3.27. The van der Waals surface area contributed by atoms with Crippen LogP contribution in [-0.2, 0) is 14.3 Å². The topological polar surface area (TPSA) is 66.9 Å². The lowest BCUT2D eigenvalue weighted by atomic mass is 10.0. The van der Waals surface area contributed by atoms with Crippen molar-refractivity contribution in [1.82, 2.24) is 4.90 Å². The van der Waals surface area contributed by atoms with Crippen molar-refractivity contribution in [3.05, 3.63) is 29.8 Å². The summed E-state index contributed by atoms with van der Waals surface area (Å²) in [5, 5.41) is 0. The largest absolute Gasteiger partial charge is 0.465 e. The van der Waals surface area contributed by atoms with E-state index in [1.54, 1.807) is 36.1 Å². The second-order valence-corrected chi connectivity index (χ2v) is 5.76. The van der Waals surface area contributed by atoms with Crippen molar-refractivity contribution in [2.75, 3.05) is 24.6 Å². The summed E-state index contributed by atoms with van der Waals surface area (Å²) in [4.78, 5) is 40.7. The van der Waals surface area contributed by atoms with E-state index < -0.39 is 12.0 Å². The van der Waals surface area contributed by atoms with Gasteiger partial charge in [0.05, 0.1) is 17.9 Å². The van der Waals surface area contributed by atoms with Gasteiger partial charge in [0.1, 0.15) is 12.6 Å². The molecule has 1 unspecified atom stereocenters. The Morgan fingerprint density at radius 2 is 2.04 bits per heavy atom. The number of esters is 1. The first-order valence-corrected chi connectivity index (χ1v) is 8.00. The van der Waals surface area contributed by atoms with Crippen molar-refractivity contribution < 1.29 is 19.1 Å². The van der Waals surface area contributed by atoms with Gasteiger partial charge in [0.25, 0.3) is 5.91 Å². The summed E-state index contributed by atoms with van der Waals surface area (Å²) in [5.41, 5.74) is 0.958. The molecule has 0 spiro atoms. The van der Waals surface area contributed by atoms with E-state index in [4.69, 9.17) is 4.74 Å². The number of piperidine rings is 1. The van der Waals surface area contributed by atoms with Crippen molar-refractivity contribution in [3.63, 3.8) is 0 Å². The minimum Gasteiger partial charge on any atom is -0.465 e. The van der Waals surface area contributed by atoms with Gasteiger partial charge in [-0.1, -0.05) is 12.1 Å². The molecule has 122 valence electrons. The molecule has 3 rings (SSSR count). The van der Waals surface area contributed by atoms with Crippen molar-refractivity contribution in [3.8, 4) is 0 Å². The first-order valence-electron chi connectivity index (χ1n) is 8.00. The number of nitrogens with zero attached hydrogens (tertiary/aromatic N) is 2. The lowest BCUT2D eigenvalue weighted by molar-refractivity contribution is -0.142. The van der Waals surface area contributed by atoms with Gasteiger partial charge in [-0.15, -0.1) is 0 Å². The Balaban J connectivity index is 2.02. The van der Waals surface area contributed by atoms with Crippen molar-refractivity contribution in [2.24, 2.45) is 0 Å². The van der Waals surface area contributed by atoms with Gasteiger partial charge in [0.15, 0.2) is 0 Å². The van der Waals surface area contributed by atoms with Crippen LogP contribution in [0.4, 0.5) is 5.69 Å². The predicted octanol–water partition coefficient (Wildman–Crippen LogP) is 1.59. The first kappa shape index (κ1) is 15.5. The molecule has 1 fully saturated rings. The number of hydrogen-bond donors (Lipinski definition) is 0. The standard InChI is InChI=1S/C17H20N2O4/c1-2-23-15(20)11-19-13-8-4-3-7-12(13)16(21)18-10-6-5-9-14(18)17(19)22/h3-4,7-8,14H,2,5-6,9-11H2,1H3. The van der Waals surface area contributed by atoms with Gasteiger partial charge in [0.2, 0.25) is 5.91 Å². The van der Waals surface area contributed by atoms with Crippen LogP contribution in [0.1, 0.15) is 36.5 Å². The van der Waals surface area contributed by atoms with Crippen molar-refractivity contribution in [1.29, 1.82) is 0 Å². The molecule has 1 atom stereocenters. The summed E-state index contributed by atoms with van der Waals surface area (Å²) in [6, 6.07) is 6.47. The van der Waals surface area contributed by atoms with E-state index in [2.05, 4.69) is 0 Å². The van der Waals surface area contributed by atoms with Gasteiger partial charge >= 0.3 is 5.97 Å². The van der Waals surface area contributed by atoms with Crippen LogP contribution in [0, 0.1) is 0 Å². The minimum absolute atomic E-state index is 0.134. The summed E-state index contributed by atoms with van der Waals surface area (Å²) in [6.07, 6.45) is 2.44. The maximum atomic E-state index is 13.0. The van der Waals surface area contributed by atoms with E-state index in [1.165, 1.54) is 4.90 Å². The fourth-order valence-electron chi connectivity index (χ4n) is 3.27. The molecule has 2 aliphatic rings. The monoisotopic (exact) mass is 316 g/mol. The van der Waals surface area contributed by atoms with E-state index in [-0.39, 0.29) is 25.0 Å². The van der Waals surface area contributed by atoms with Gasteiger partial charge in [-0.25, -0.2) is 0 Å². The number of carbonyl (C=O) groups excluding carboxylic acids is 3. The van der Waals surface area contributed by atoms with Gasteiger partial charge in [-0.05, 0) is 38.3 Å². The number of anilines is 1. The lowest BCUT2D eigenvalue weighted by Crippen LogP contribution is -2.51. The lowest BCUT2D eigenvalue weighted by Gasteiger charge is -2.34. The zero-order chi connectivity index (χ0) is 16.4. The molecule has 1 aromatic rings. The molecule has 1 saturated heterocycles. The first-order chi connectivity index (χ1) is 11.1. The van der Waals surface area contributed by atoms with E-state index in [9.17, 15) is 14.4 Å². The summed E-state index contributed by atoms with van der Waals surface area (Å²) < 4.78 is 4.98. The maximum Gasteiger partial charge on any atom is 0.326 e. The predicted molar refractivity (Wildman–Crippen MR) is 84.1 cm³/mol. The smallest absolute Gasteiger partial charge is 0.326 e. The Bertz CT molecular complexity index is 643. The number of benzene rings is 1. The average molecular weight is 316 g/mol. The molecule has 0 bridgehead atoms. The molecule has 23 heavy (non-hydrogen) atoms.